The maximum Gasteiger partial charge on any atom is 0.239 e. The minimum atomic E-state index is 0.0286. The Bertz CT molecular complexity index is 768. The predicted molar refractivity (Wildman–Crippen MR) is 88.3 cm³/mol. The molecule has 0 aliphatic carbocycles. The van der Waals surface area contributed by atoms with E-state index >= 15 is 0 Å². The zero-order valence-electron chi connectivity index (χ0n) is 13.4. The summed E-state index contributed by atoms with van der Waals surface area (Å²) in [6.07, 6.45) is 0.768. The third kappa shape index (κ3) is 3.61. The van der Waals surface area contributed by atoms with Gasteiger partial charge in [0.25, 0.3) is 0 Å². The second-order valence-electron chi connectivity index (χ2n) is 5.26. The van der Waals surface area contributed by atoms with Crippen molar-refractivity contribution in [3.8, 4) is 0 Å². The third-order valence-electron chi connectivity index (χ3n) is 3.52. The lowest BCUT2D eigenvalue weighted by Crippen LogP contribution is -2.04. The van der Waals surface area contributed by atoms with Crippen molar-refractivity contribution < 1.29 is 4.52 Å². The van der Waals surface area contributed by atoms with E-state index in [1.165, 1.54) is 5.56 Å². The smallest absolute Gasteiger partial charge is 0.239 e. The lowest BCUT2D eigenvalue weighted by Gasteiger charge is -2.10. The summed E-state index contributed by atoms with van der Waals surface area (Å²) >= 11 is 1.58. The summed E-state index contributed by atoms with van der Waals surface area (Å²) in [5.74, 6) is 2.25. The second kappa shape index (κ2) is 6.95. The summed E-state index contributed by atoms with van der Waals surface area (Å²) in [6, 6.07) is 10.3. The SMILES string of the molecule is CCc1noc(C(C)Sc2nnc(C)n2Cc2ccccc2)n1. The van der Waals surface area contributed by atoms with E-state index in [-0.39, 0.29) is 5.25 Å². The van der Waals surface area contributed by atoms with Gasteiger partial charge in [-0.3, -0.25) is 0 Å². The zero-order chi connectivity index (χ0) is 16.2. The Kier molecular flexibility index (Phi) is 4.76. The van der Waals surface area contributed by atoms with Crippen molar-refractivity contribution in [2.45, 2.75) is 44.1 Å². The van der Waals surface area contributed by atoms with Crippen LogP contribution in [0.15, 0.2) is 40.0 Å². The van der Waals surface area contributed by atoms with Crippen LogP contribution in [0.3, 0.4) is 0 Å². The van der Waals surface area contributed by atoms with E-state index in [0.717, 1.165) is 29.8 Å². The van der Waals surface area contributed by atoms with Crippen molar-refractivity contribution in [1.82, 2.24) is 24.9 Å². The van der Waals surface area contributed by atoms with Crippen molar-refractivity contribution >= 4 is 11.8 Å². The van der Waals surface area contributed by atoms with Gasteiger partial charge in [0.1, 0.15) is 5.82 Å². The highest BCUT2D eigenvalue weighted by molar-refractivity contribution is 7.99. The topological polar surface area (TPSA) is 69.6 Å². The second-order valence-corrected chi connectivity index (χ2v) is 6.57. The van der Waals surface area contributed by atoms with Crippen LogP contribution in [-0.2, 0) is 13.0 Å². The Labute approximate surface area is 139 Å². The highest BCUT2D eigenvalue weighted by Crippen LogP contribution is 2.33. The van der Waals surface area contributed by atoms with E-state index in [1.54, 1.807) is 11.8 Å². The molecule has 0 N–H and O–H groups in total. The van der Waals surface area contributed by atoms with Crippen LogP contribution in [0.4, 0.5) is 0 Å². The molecule has 0 fully saturated rings. The van der Waals surface area contributed by atoms with Crippen LogP contribution in [0.2, 0.25) is 0 Å². The molecule has 23 heavy (non-hydrogen) atoms. The van der Waals surface area contributed by atoms with Gasteiger partial charge >= 0.3 is 0 Å². The molecule has 0 radical (unpaired) electrons. The van der Waals surface area contributed by atoms with Gasteiger partial charge in [-0.15, -0.1) is 10.2 Å². The molecule has 0 spiro atoms. The van der Waals surface area contributed by atoms with Crippen molar-refractivity contribution in [2.75, 3.05) is 0 Å². The van der Waals surface area contributed by atoms with E-state index < -0.39 is 0 Å². The Balaban J connectivity index is 1.78. The van der Waals surface area contributed by atoms with Crippen molar-refractivity contribution in [2.24, 2.45) is 0 Å². The van der Waals surface area contributed by atoms with Crippen LogP contribution in [0.25, 0.3) is 0 Å². The molecule has 2 heterocycles. The van der Waals surface area contributed by atoms with Gasteiger partial charge < -0.3 is 9.09 Å². The minimum Gasteiger partial charge on any atom is -0.338 e. The van der Waals surface area contributed by atoms with Crippen LogP contribution in [0.5, 0.6) is 0 Å². The minimum absolute atomic E-state index is 0.0286. The van der Waals surface area contributed by atoms with Crippen LogP contribution in [0, 0.1) is 6.92 Å². The summed E-state index contributed by atoms with van der Waals surface area (Å²) in [4.78, 5) is 4.39. The molecule has 0 saturated heterocycles. The number of rotatable bonds is 6. The Morgan fingerprint density at radius 3 is 2.70 bits per heavy atom. The number of aromatic nitrogens is 5. The first-order valence-corrected chi connectivity index (χ1v) is 8.48. The number of nitrogens with zero attached hydrogens (tertiary/aromatic N) is 5. The van der Waals surface area contributed by atoms with Gasteiger partial charge in [0.05, 0.1) is 11.8 Å². The summed E-state index contributed by atoms with van der Waals surface area (Å²) < 4.78 is 7.42. The largest absolute Gasteiger partial charge is 0.338 e. The molecule has 0 aliphatic heterocycles. The third-order valence-corrected chi connectivity index (χ3v) is 4.58. The van der Waals surface area contributed by atoms with Gasteiger partial charge in [-0.2, -0.15) is 4.98 Å². The van der Waals surface area contributed by atoms with Crippen molar-refractivity contribution in [3.05, 3.63) is 53.4 Å². The molecule has 2 aromatic heterocycles. The Morgan fingerprint density at radius 2 is 2.00 bits per heavy atom. The fourth-order valence-corrected chi connectivity index (χ4v) is 3.11. The number of hydrogen-bond acceptors (Lipinski definition) is 6. The van der Waals surface area contributed by atoms with Gasteiger partial charge in [0.15, 0.2) is 11.0 Å². The average Bonchev–Trinajstić information content (AvgIpc) is 3.18. The van der Waals surface area contributed by atoms with Gasteiger partial charge in [0, 0.05) is 6.42 Å². The maximum atomic E-state index is 5.32. The average molecular weight is 329 g/mol. The Morgan fingerprint density at radius 1 is 1.22 bits per heavy atom. The first-order valence-electron chi connectivity index (χ1n) is 7.60. The summed E-state index contributed by atoms with van der Waals surface area (Å²) in [5.41, 5.74) is 1.22. The van der Waals surface area contributed by atoms with E-state index in [2.05, 4.69) is 37.0 Å². The molecular formula is C16H19N5OS. The van der Waals surface area contributed by atoms with E-state index in [0.29, 0.717) is 5.89 Å². The predicted octanol–water partition coefficient (Wildman–Crippen LogP) is 3.43. The van der Waals surface area contributed by atoms with Gasteiger partial charge in [-0.05, 0) is 19.4 Å². The molecule has 0 saturated carbocycles. The van der Waals surface area contributed by atoms with Crippen LogP contribution < -0.4 is 0 Å². The molecule has 7 heteroatoms. The van der Waals surface area contributed by atoms with Gasteiger partial charge in [-0.1, -0.05) is 54.2 Å². The van der Waals surface area contributed by atoms with Crippen molar-refractivity contribution in [1.29, 1.82) is 0 Å². The van der Waals surface area contributed by atoms with Crippen LogP contribution >= 0.6 is 11.8 Å². The summed E-state index contributed by atoms with van der Waals surface area (Å²) in [5, 5.41) is 13.3. The lowest BCUT2D eigenvalue weighted by molar-refractivity contribution is 0.375. The van der Waals surface area contributed by atoms with Gasteiger partial charge in [0.2, 0.25) is 5.89 Å². The number of aryl methyl sites for hydroxylation is 2. The molecule has 1 unspecified atom stereocenters. The molecule has 0 bridgehead atoms. The Hall–Kier alpha value is -2.15. The zero-order valence-corrected chi connectivity index (χ0v) is 14.2. The first-order chi connectivity index (χ1) is 11.2. The number of benzene rings is 1. The molecule has 120 valence electrons. The monoisotopic (exact) mass is 329 g/mol. The fourth-order valence-electron chi connectivity index (χ4n) is 2.18. The van der Waals surface area contributed by atoms with Crippen LogP contribution in [-0.4, -0.2) is 24.9 Å². The normalized spacial score (nSPS) is 12.5. The molecule has 3 aromatic rings. The first kappa shape index (κ1) is 15.7. The van der Waals surface area contributed by atoms with Crippen molar-refractivity contribution in [3.63, 3.8) is 0 Å². The van der Waals surface area contributed by atoms with E-state index in [1.807, 2.05) is 39.0 Å². The molecule has 0 aliphatic rings. The summed E-state index contributed by atoms with van der Waals surface area (Å²) in [6.45, 7) is 6.76. The number of thioether (sulfide) groups is 1. The van der Waals surface area contributed by atoms with Gasteiger partial charge in [-0.25, -0.2) is 0 Å². The molecule has 0 amide bonds. The molecule has 1 atom stereocenters. The van der Waals surface area contributed by atoms with Crippen LogP contribution in [0.1, 0.15) is 42.2 Å². The molecule has 1 aromatic carbocycles. The highest BCUT2D eigenvalue weighted by Gasteiger charge is 2.19. The van der Waals surface area contributed by atoms with E-state index in [4.69, 9.17) is 4.52 Å². The quantitative estimate of drug-likeness (QED) is 0.645. The molecule has 3 rings (SSSR count). The lowest BCUT2D eigenvalue weighted by atomic mass is 10.2. The molecule has 6 nitrogen and oxygen atoms in total. The highest BCUT2D eigenvalue weighted by atomic mass is 32.2. The standard InChI is InChI=1S/C16H19N5OS/c1-4-14-17-15(22-20-14)11(2)23-16-19-18-12(3)21(16)10-13-8-6-5-7-9-13/h5-9,11H,4,10H2,1-3H3. The number of hydrogen-bond donors (Lipinski definition) is 0. The maximum absolute atomic E-state index is 5.32. The van der Waals surface area contributed by atoms with E-state index in [9.17, 15) is 0 Å². The molecular weight excluding hydrogens is 310 g/mol. The summed E-state index contributed by atoms with van der Waals surface area (Å²) in [7, 11) is 0. The fraction of sp³-hybridized carbons (Fsp3) is 0.375.